The number of alkyl halides is 3. The average Bonchev–Trinajstić information content (AvgIpc) is 2.83. The number of amides is 1. The molecule has 5 nitrogen and oxygen atoms in total. The Morgan fingerprint density at radius 3 is 2.77 bits per heavy atom. The van der Waals surface area contributed by atoms with E-state index in [1.54, 1.807) is 16.8 Å². The lowest BCUT2D eigenvalue weighted by atomic mass is 10.3. The van der Waals surface area contributed by atoms with Gasteiger partial charge in [-0.15, -0.1) is 11.3 Å². The second kappa shape index (κ2) is 6.73. The van der Waals surface area contributed by atoms with E-state index in [9.17, 15) is 18.0 Å². The van der Waals surface area contributed by atoms with Crippen molar-refractivity contribution in [1.29, 1.82) is 0 Å². The number of hydrogen-bond donors (Lipinski definition) is 2. The predicted octanol–water partition coefficient (Wildman–Crippen LogP) is 2.81. The van der Waals surface area contributed by atoms with Crippen molar-refractivity contribution in [2.75, 3.05) is 11.9 Å². The maximum absolute atomic E-state index is 12.0. The number of nitrogens with zero attached hydrogens (tertiary/aromatic N) is 2. The number of thiazole rings is 1. The molecule has 0 aliphatic heterocycles. The molecule has 0 saturated heterocycles. The van der Waals surface area contributed by atoms with Crippen LogP contribution in [-0.4, -0.2) is 28.6 Å². The minimum atomic E-state index is -4.42. The largest absolute Gasteiger partial charge is 0.405 e. The number of halogens is 3. The first kappa shape index (κ1) is 16.2. The SMILES string of the molecule is Cc1cccc(Nc2nc(CC(=O)NCC(F)(F)F)cs2)n1. The van der Waals surface area contributed by atoms with Crippen LogP contribution in [0.5, 0.6) is 0 Å². The van der Waals surface area contributed by atoms with Gasteiger partial charge in [0.05, 0.1) is 12.1 Å². The molecular weight excluding hydrogens is 317 g/mol. The van der Waals surface area contributed by atoms with E-state index in [2.05, 4.69) is 15.3 Å². The van der Waals surface area contributed by atoms with Gasteiger partial charge in [0.15, 0.2) is 5.13 Å². The van der Waals surface area contributed by atoms with Gasteiger partial charge in [-0.3, -0.25) is 4.79 Å². The van der Waals surface area contributed by atoms with Crippen LogP contribution in [0.25, 0.3) is 0 Å². The third kappa shape index (κ3) is 5.32. The Balaban J connectivity index is 1.90. The summed E-state index contributed by atoms with van der Waals surface area (Å²) in [7, 11) is 0. The Hall–Kier alpha value is -2.16. The van der Waals surface area contributed by atoms with Crippen LogP contribution in [0.15, 0.2) is 23.6 Å². The molecule has 9 heteroatoms. The molecule has 0 saturated carbocycles. The Kier molecular flexibility index (Phi) is 4.96. The number of pyridine rings is 1. The number of aromatic nitrogens is 2. The molecule has 0 unspecified atom stereocenters. The number of carbonyl (C=O) groups is 1. The van der Waals surface area contributed by atoms with E-state index in [1.807, 2.05) is 19.1 Å². The van der Waals surface area contributed by atoms with Crippen molar-refractivity contribution in [3.63, 3.8) is 0 Å². The molecule has 0 spiro atoms. The fourth-order valence-electron chi connectivity index (χ4n) is 1.59. The summed E-state index contributed by atoms with van der Waals surface area (Å²) in [5, 5.41) is 6.93. The molecule has 0 fully saturated rings. The smallest absolute Gasteiger partial charge is 0.347 e. The summed E-state index contributed by atoms with van der Waals surface area (Å²) >= 11 is 1.25. The van der Waals surface area contributed by atoms with E-state index in [4.69, 9.17) is 0 Å². The lowest BCUT2D eigenvalue weighted by molar-refractivity contribution is -0.138. The minimum Gasteiger partial charge on any atom is -0.347 e. The van der Waals surface area contributed by atoms with Crippen LogP contribution in [0.2, 0.25) is 0 Å². The number of rotatable bonds is 5. The molecule has 0 bridgehead atoms. The number of carbonyl (C=O) groups excluding carboxylic acids is 1. The average molecular weight is 330 g/mol. The zero-order valence-corrected chi connectivity index (χ0v) is 12.4. The van der Waals surface area contributed by atoms with Gasteiger partial charge < -0.3 is 10.6 Å². The summed E-state index contributed by atoms with van der Waals surface area (Å²) in [4.78, 5) is 19.8. The second-order valence-corrected chi connectivity index (χ2v) is 5.36. The van der Waals surface area contributed by atoms with E-state index in [-0.39, 0.29) is 6.42 Å². The van der Waals surface area contributed by atoms with E-state index in [0.717, 1.165) is 5.69 Å². The van der Waals surface area contributed by atoms with Gasteiger partial charge in [0.25, 0.3) is 0 Å². The molecule has 0 aliphatic rings. The molecule has 0 radical (unpaired) electrons. The van der Waals surface area contributed by atoms with Gasteiger partial charge in [0, 0.05) is 11.1 Å². The maximum Gasteiger partial charge on any atom is 0.405 e. The molecule has 2 rings (SSSR count). The molecule has 2 aromatic heterocycles. The topological polar surface area (TPSA) is 66.9 Å². The summed E-state index contributed by atoms with van der Waals surface area (Å²) in [6.45, 7) is 0.512. The minimum absolute atomic E-state index is 0.199. The van der Waals surface area contributed by atoms with Gasteiger partial charge in [0.2, 0.25) is 5.91 Å². The zero-order chi connectivity index (χ0) is 16.2. The van der Waals surface area contributed by atoms with E-state index < -0.39 is 18.6 Å². The normalized spacial score (nSPS) is 11.3. The van der Waals surface area contributed by atoms with Crippen molar-refractivity contribution in [2.45, 2.75) is 19.5 Å². The van der Waals surface area contributed by atoms with Crippen molar-refractivity contribution in [3.05, 3.63) is 35.0 Å². The maximum atomic E-state index is 12.0. The zero-order valence-electron chi connectivity index (χ0n) is 11.6. The second-order valence-electron chi connectivity index (χ2n) is 4.50. The summed E-state index contributed by atoms with van der Waals surface area (Å²) in [5.41, 5.74) is 1.24. The monoisotopic (exact) mass is 330 g/mol. The van der Waals surface area contributed by atoms with E-state index >= 15 is 0 Å². The molecule has 2 aromatic rings. The third-order valence-corrected chi connectivity index (χ3v) is 3.31. The highest BCUT2D eigenvalue weighted by Gasteiger charge is 2.27. The highest BCUT2D eigenvalue weighted by Crippen LogP contribution is 2.20. The highest BCUT2D eigenvalue weighted by molar-refractivity contribution is 7.13. The van der Waals surface area contributed by atoms with Crippen LogP contribution >= 0.6 is 11.3 Å². The van der Waals surface area contributed by atoms with Crippen molar-refractivity contribution in [2.24, 2.45) is 0 Å². The lowest BCUT2D eigenvalue weighted by Gasteiger charge is -2.07. The number of aryl methyl sites for hydroxylation is 1. The van der Waals surface area contributed by atoms with Gasteiger partial charge in [-0.1, -0.05) is 6.07 Å². The summed E-state index contributed by atoms with van der Waals surface area (Å²) < 4.78 is 36.0. The first-order chi connectivity index (χ1) is 10.3. The third-order valence-electron chi connectivity index (χ3n) is 2.50. The summed E-state index contributed by atoms with van der Waals surface area (Å²) in [6.07, 6.45) is -4.61. The Morgan fingerprint density at radius 2 is 2.09 bits per heavy atom. The molecule has 118 valence electrons. The Morgan fingerprint density at radius 1 is 1.32 bits per heavy atom. The Labute approximate surface area is 128 Å². The number of anilines is 2. The van der Waals surface area contributed by atoms with Crippen LogP contribution < -0.4 is 10.6 Å². The van der Waals surface area contributed by atoms with Crippen LogP contribution in [0.1, 0.15) is 11.4 Å². The van der Waals surface area contributed by atoms with Gasteiger partial charge in [-0.2, -0.15) is 13.2 Å². The van der Waals surface area contributed by atoms with Crippen LogP contribution in [0.3, 0.4) is 0 Å². The molecule has 1 amide bonds. The van der Waals surface area contributed by atoms with Crippen LogP contribution in [0.4, 0.5) is 24.1 Å². The number of nitrogens with one attached hydrogen (secondary N) is 2. The first-order valence-electron chi connectivity index (χ1n) is 6.30. The summed E-state index contributed by atoms with van der Waals surface area (Å²) in [6, 6.07) is 5.46. The van der Waals surface area contributed by atoms with Gasteiger partial charge >= 0.3 is 6.18 Å². The van der Waals surface area contributed by atoms with Gasteiger partial charge in [-0.05, 0) is 19.1 Å². The predicted molar refractivity (Wildman–Crippen MR) is 77.1 cm³/mol. The molecule has 0 aliphatic carbocycles. The molecule has 0 aromatic carbocycles. The fraction of sp³-hybridized carbons (Fsp3) is 0.308. The van der Waals surface area contributed by atoms with Crippen LogP contribution in [0, 0.1) is 6.92 Å². The molecule has 22 heavy (non-hydrogen) atoms. The highest BCUT2D eigenvalue weighted by atomic mass is 32.1. The summed E-state index contributed by atoms with van der Waals surface area (Å²) in [5.74, 6) is -0.106. The lowest BCUT2D eigenvalue weighted by Crippen LogP contribution is -2.34. The Bertz CT molecular complexity index is 657. The van der Waals surface area contributed by atoms with Crippen molar-refractivity contribution < 1.29 is 18.0 Å². The molecule has 2 heterocycles. The number of hydrogen-bond acceptors (Lipinski definition) is 5. The van der Waals surface area contributed by atoms with E-state index in [1.165, 1.54) is 11.3 Å². The quantitative estimate of drug-likeness (QED) is 0.885. The van der Waals surface area contributed by atoms with Gasteiger partial charge in [-0.25, -0.2) is 9.97 Å². The van der Waals surface area contributed by atoms with E-state index in [0.29, 0.717) is 16.6 Å². The molecule has 0 atom stereocenters. The fourth-order valence-corrected chi connectivity index (χ4v) is 2.31. The van der Waals surface area contributed by atoms with Crippen molar-refractivity contribution in [1.82, 2.24) is 15.3 Å². The van der Waals surface area contributed by atoms with Crippen molar-refractivity contribution >= 4 is 28.2 Å². The van der Waals surface area contributed by atoms with Gasteiger partial charge in [0.1, 0.15) is 12.4 Å². The molecule has 2 N–H and O–H groups in total. The standard InChI is InChI=1S/C13H13F3N4OS/c1-8-3-2-4-10(18-8)20-12-19-9(6-22-12)5-11(21)17-7-13(14,15)16/h2-4,6H,5,7H2,1H3,(H,17,21)(H,18,19,20). The van der Waals surface area contributed by atoms with Crippen LogP contribution in [-0.2, 0) is 11.2 Å². The van der Waals surface area contributed by atoms with Crippen molar-refractivity contribution in [3.8, 4) is 0 Å². The first-order valence-corrected chi connectivity index (χ1v) is 7.18. The molecular formula is C13H13F3N4OS.